The lowest BCUT2D eigenvalue weighted by Crippen LogP contribution is -2.41. The minimum Gasteiger partial charge on any atom is -0.494 e. The summed E-state index contributed by atoms with van der Waals surface area (Å²) in [5.74, 6) is -0.612. The van der Waals surface area contributed by atoms with Gasteiger partial charge in [0.05, 0.1) is 25.8 Å². The molecule has 0 spiro atoms. The fraction of sp³-hybridized carbons (Fsp3) is 0.273. The lowest BCUT2D eigenvalue weighted by atomic mass is 10.1. The molecule has 1 fully saturated rings. The monoisotopic (exact) mass is 441 g/mol. The Labute approximate surface area is 185 Å². The summed E-state index contributed by atoms with van der Waals surface area (Å²) in [5.41, 5.74) is 1.14. The molecule has 0 aromatic heterocycles. The van der Waals surface area contributed by atoms with E-state index in [1.165, 1.54) is 16.9 Å². The van der Waals surface area contributed by atoms with E-state index in [4.69, 9.17) is 21.7 Å². The molecule has 0 saturated carbocycles. The van der Waals surface area contributed by atoms with Crippen molar-refractivity contribution < 1.29 is 23.9 Å². The second-order valence-electron chi connectivity index (χ2n) is 6.72. The smallest absolute Gasteiger partial charge is 0.325 e. The van der Waals surface area contributed by atoms with Gasteiger partial charge in [0.1, 0.15) is 18.3 Å². The van der Waals surface area contributed by atoms with Crippen molar-refractivity contribution >= 4 is 46.5 Å². The van der Waals surface area contributed by atoms with E-state index in [1.807, 2.05) is 13.0 Å². The summed E-state index contributed by atoms with van der Waals surface area (Å²) in [6, 6.07) is 14.9. The summed E-state index contributed by atoms with van der Waals surface area (Å²) in [7, 11) is 1.26. The highest BCUT2D eigenvalue weighted by atomic mass is 32.1. The minimum atomic E-state index is -0.922. The van der Waals surface area contributed by atoms with E-state index in [9.17, 15) is 14.4 Å². The first kappa shape index (κ1) is 22.2. The number of hydrogen-bond acceptors (Lipinski definition) is 6. The van der Waals surface area contributed by atoms with Gasteiger partial charge in [-0.25, -0.2) is 0 Å². The summed E-state index contributed by atoms with van der Waals surface area (Å²) < 4.78 is 10.1. The van der Waals surface area contributed by atoms with Crippen LogP contribution in [0.4, 0.5) is 11.4 Å². The van der Waals surface area contributed by atoms with Gasteiger partial charge in [-0.2, -0.15) is 0 Å². The van der Waals surface area contributed by atoms with Gasteiger partial charge in [0.15, 0.2) is 5.11 Å². The van der Waals surface area contributed by atoms with Gasteiger partial charge in [0.2, 0.25) is 5.91 Å². The van der Waals surface area contributed by atoms with Crippen LogP contribution in [0.5, 0.6) is 5.75 Å². The molecule has 0 radical (unpaired) electrons. The third-order valence-corrected chi connectivity index (χ3v) is 5.11. The Morgan fingerprint density at radius 3 is 2.39 bits per heavy atom. The molecule has 31 heavy (non-hydrogen) atoms. The second kappa shape index (κ2) is 10.0. The molecule has 9 heteroatoms. The zero-order chi connectivity index (χ0) is 22.4. The van der Waals surface area contributed by atoms with Crippen LogP contribution >= 0.6 is 12.2 Å². The Kier molecular flexibility index (Phi) is 7.19. The molecule has 0 bridgehead atoms. The van der Waals surface area contributed by atoms with E-state index < -0.39 is 12.0 Å². The number of carbonyl (C=O) groups is 3. The van der Waals surface area contributed by atoms with Crippen LogP contribution in [-0.2, 0) is 19.1 Å². The van der Waals surface area contributed by atoms with Crippen LogP contribution in [0.2, 0.25) is 0 Å². The average Bonchev–Trinajstić information content (AvgIpc) is 2.99. The predicted octanol–water partition coefficient (Wildman–Crippen LogP) is 2.59. The fourth-order valence-electron chi connectivity index (χ4n) is 3.22. The van der Waals surface area contributed by atoms with Gasteiger partial charge in [-0.05, 0) is 55.5 Å². The molecule has 1 heterocycles. The summed E-state index contributed by atoms with van der Waals surface area (Å²) in [6.45, 7) is 2.20. The highest BCUT2D eigenvalue weighted by molar-refractivity contribution is 7.80. The number of carbonyl (C=O) groups excluding carboxylic acids is 3. The number of nitrogens with zero attached hydrogens (tertiary/aromatic N) is 2. The van der Waals surface area contributed by atoms with Gasteiger partial charge >= 0.3 is 5.97 Å². The Balaban J connectivity index is 1.77. The van der Waals surface area contributed by atoms with Crippen LogP contribution in [0.1, 0.15) is 13.3 Å². The van der Waals surface area contributed by atoms with Crippen molar-refractivity contribution in [1.82, 2.24) is 4.90 Å². The van der Waals surface area contributed by atoms with Crippen LogP contribution in [0.25, 0.3) is 0 Å². The number of nitrogens with one attached hydrogen (secondary N) is 1. The summed E-state index contributed by atoms with van der Waals surface area (Å²) >= 11 is 5.46. The molecule has 8 nitrogen and oxygen atoms in total. The fourth-order valence-corrected chi connectivity index (χ4v) is 3.61. The zero-order valence-electron chi connectivity index (χ0n) is 17.2. The number of anilines is 2. The Morgan fingerprint density at radius 2 is 1.77 bits per heavy atom. The standard InChI is InChI=1S/C22H23N3O5S/c1-3-30-17-11-9-15(10-12-17)23-19(26)13-18-21(28)25(16-7-5-4-6-8-16)22(31)24(18)14-20(27)29-2/h4-12,18H,3,13-14H2,1-2H3,(H,23,26). The third-order valence-electron chi connectivity index (χ3n) is 4.69. The molecular weight excluding hydrogens is 418 g/mol. The number of para-hydroxylation sites is 1. The lowest BCUT2D eigenvalue weighted by Gasteiger charge is -2.22. The molecule has 3 rings (SSSR count). The molecular formula is C22H23N3O5S. The van der Waals surface area contributed by atoms with Crippen LogP contribution in [0.3, 0.4) is 0 Å². The topological polar surface area (TPSA) is 88.2 Å². The Hall–Kier alpha value is -3.46. The Morgan fingerprint density at radius 1 is 1.10 bits per heavy atom. The molecule has 1 aliphatic rings. The second-order valence-corrected chi connectivity index (χ2v) is 7.09. The van der Waals surface area contributed by atoms with Gasteiger partial charge in [-0.3, -0.25) is 19.3 Å². The first-order valence-corrected chi connectivity index (χ1v) is 10.1. The van der Waals surface area contributed by atoms with Crippen molar-refractivity contribution in [2.75, 3.05) is 30.5 Å². The van der Waals surface area contributed by atoms with Crippen LogP contribution in [-0.4, -0.2) is 54.1 Å². The number of esters is 1. The number of hydrogen-bond donors (Lipinski definition) is 1. The first-order valence-electron chi connectivity index (χ1n) is 9.73. The summed E-state index contributed by atoms with van der Waals surface area (Å²) in [5, 5.41) is 2.92. The number of thiocarbonyl (C=S) groups is 1. The number of benzene rings is 2. The molecule has 2 amide bonds. The number of amides is 2. The van der Waals surface area contributed by atoms with E-state index in [0.717, 1.165) is 0 Å². The van der Waals surface area contributed by atoms with Crippen molar-refractivity contribution in [1.29, 1.82) is 0 Å². The SMILES string of the molecule is CCOc1ccc(NC(=O)CC2C(=O)N(c3ccccc3)C(=S)N2CC(=O)OC)cc1. The van der Waals surface area contributed by atoms with Crippen molar-refractivity contribution in [3.05, 3.63) is 54.6 Å². The highest BCUT2D eigenvalue weighted by Gasteiger charge is 2.45. The van der Waals surface area contributed by atoms with Crippen LogP contribution < -0.4 is 15.0 Å². The number of methoxy groups -OCH3 is 1. The maximum atomic E-state index is 13.1. The third kappa shape index (κ3) is 5.18. The quantitative estimate of drug-likeness (QED) is 0.498. The number of ether oxygens (including phenoxy) is 2. The zero-order valence-corrected chi connectivity index (χ0v) is 18.1. The summed E-state index contributed by atoms with van der Waals surface area (Å²) in [6.07, 6.45) is -0.174. The van der Waals surface area contributed by atoms with Crippen molar-refractivity contribution in [2.24, 2.45) is 0 Å². The Bertz CT molecular complexity index is 965. The molecule has 1 atom stereocenters. The first-order chi connectivity index (χ1) is 14.9. The van der Waals surface area contributed by atoms with Gasteiger partial charge in [0.25, 0.3) is 5.91 Å². The molecule has 1 aliphatic heterocycles. The number of rotatable bonds is 8. The van der Waals surface area contributed by atoms with Crippen molar-refractivity contribution in [3.8, 4) is 5.75 Å². The molecule has 2 aromatic carbocycles. The largest absolute Gasteiger partial charge is 0.494 e. The maximum Gasteiger partial charge on any atom is 0.325 e. The molecule has 1 saturated heterocycles. The molecule has 2 aromatic rings. The molecule has 0 aliphatic carbocycles. The van der Waals surface area contributed by atoms with E-state index in [0.29, 0.717) is 23.7 Å². The van der Waals surface area contributed by atoms with E-state index in [-0.39, 0.29) is 29.9 Å². The molecule has 162 valence electrons. The molecule has 1 N–H and O–H groups in total. The van der Waals surface area contributed by atoms with E-state index >= 15 is 0 Å². The van der Waals surface area contributed by atoms with E-state index in [2.05, 4.69) is 5.32 Å². The lowest BCUT2D eigenvalue weighted by molar-refractivity contribution is -0.141. The van der Waals surface area contributed by atoms with Crippen molar-refractivity contribution in [3.63, 3.8) is 0 Å². The van der Waals surface area contributed by atoms with Gasteiger partial charge in [0, 0.05) is 5.69 Å². The van der Waals surface area contributed by atoms with Gasteiger partial charge < -0.3 is 19.7 Å². The van der Waals surface area contributed by atoms with Gasteiger partial charge in [-0.1, -0.05) is 18.2 Å². The highest BCUT2D eigenvalue weighted by Crippen LogP contribution is 2.27. The van der Waals surface area contributed by atoms with Crippen LogP contribution in [0.15, 0.2) is 54.6 Å². The van der Waals surface area contributed by atoms with E-state index in [1.54, 1.807) is 48.5 Å². The molecule has 1 unspecified atom stereocenters. The minimum absolute atomic E-state index is 0.153. The maximum absolute atomic E-state index is 13.1. The average molecular weight is 442 g/mol. The van der Waals surface area contributed by atoms with Crippen LogP contribution in [0, 0.1) is 0 Å². The predicted molar refractivity (Wildman–Crippen MR) is 120 cm³/mol. The summed E-state index contributed by atoms with van der Waals surface area (Å²) in [4.78, 5) is 40.5. The van der Waals surface area contributed by atoms with Crippen molar-refractivity contribution in [2.45, 2.75) is 19.4 Å². The normalized spacial score (nSPS) is 15.7. The van der Waals surface area contributed by atoms with Gasteiger partial charge in [-0.15, -0.1) is 0 Å².